The highest BCUT2D eigenvalue weighted by atomic mass is 16.2. The van der Waals surface area contributed by atoms with Crippen LogP contribution >= 0.6 is 0 Å². The lowest BCUT2D eigenvalue weighted by molar-refractivity contribution is -0.141. The second kappa shape index (κ2) is 11.5. The Morgan fingerprint density at radius 2 is 1.40 bits per heavy atom. The lowest BCUT2D eigenvalue weighted by Crippen LogP contribution is -2.50. The van der Waals surface area contributed by atoms with Crippen LogP contribution in [0.3, 0.4) is 0 Å². The Balaban J connectivity index is 2.19. The van der Waals surface area contributed by atoms with E-state index in [9.17, 15) is 9.59 Å². The molecule has 0 fully saturated rings. The van der Waals surface area contributed by atoms with Crippen molar-refractivity contribution in [2.24, 2.45) is 0 Å². The predicted octanol–water partition coefficient (Wildman–Crippen LogP) is 4.96. The number of benzene rings is 2. The van der Waals surface area contributed by atoms with E-state index >= 15 is 0 Å². The molecular weight excluding hydrogens is 372 g/mol. The molecule has 2 amide bonds. The van der Waals surface area contributed by atoms with Gasteiger partial charge in [-0.1, -0.05) is 73.5 Å². The van der Waals surface area contributed by atoms with E-state index in [-0.39, 0.29) is 17.9 Å². The molecule has 2 unspecified atom stereocenters. The van der Waals surface area contributed by atoms with Gasteiger partial charge in [-0.2, -0.15) is 0 Å². The van der Waals surface area contributed by atoms with Gasteiger partial charge in [-0.25, -0.2) is 0 Å². The van der Waals surface area contributed by atoms with Crippen LogP contribution in [0, 0.1) is 13.8 Å². The minimum absolute atomic E-state index is 0.0160. The first-order valence-electron chi connectivity index (χ1n) is 11.0. The third-order valence-electron chi connectivity index (χ3n) is 5.61. The highest BCUT2D eigenvalue weighted by Gasteiger charge is 2.28. The maximum absolute atomic E-state index is 13.3. The van der Waals surface area contributed by atoms with E-state index in [0.717, 1.165) is 17.5 Å². The first kappa shape index (κ1) is 23.7. The van der Waals surface area contributed by atoms with Gasteiger partial charge in [0.1, 0.15) is 6.04 Å². The van der Waals surface area contributed by atoms with E-state index in [1.165, 1.54) is 11.1 Å². The number of hydrogen-bond acceptors (Lipinski definition) is 2. The van der Waals surface area contributed by atoms with Gasteiger partial charge in [0.05, 0.1) is 0 Å². The average molecular weight is 409 g/mol. The molecule has 2 aromatic carbocycles. The second-order valence-electron chi connectivity index (χ2n) is 8.23. The van der Waals surface area contributed by atoms with E-state index in [0.29, 0.717) is 25.8 Å². The van der Waals surface area contributed by atoms with Crippen molar-refractivity contribution in [2.45, 2.75) is 78.9 Å². The Hall–Kier alpha value is -2.62. The van der Waals surface area contributed by atoms with Gasteiger partial charge in [0, 0.05) is 19.0 Å². The van der Waals surface area contributed by atoms with E-state index < -0.39 is 6.04 Å². The fourth-order valence-electron chi connectivity index (χ4n) is 3.40. The van der Waals surface area contributed by atoms with Gasteiger partial charge in [0.15, 0.2) is 0 Å². The van der Waals surface area contributed by atoms with E-state index in [2.05, 4.69) is 36.5 Å². The van der Waals surface area contributed by atoms with Crippen molar-refractivity contribution >= 4 is 11.8 Å². The summed E-state index contributed by atoms with van der Waals surface area (Å²) in [4.78, 5) is 28.0. The van der Waals surface area contributed by atoms with Crippen LogP contribution in [0.1, 0.15) is 62.3 Å². The predicted molar refractivity (Wildman–Crippen MR) is 123 cm³/mol. The SMILES string of the molecule is CCC(C)NC(=O)C(CC)N(Cc1ccc(C)cc1)C(=O)CCc1ccc(C)cc1. The van der Waals surface area contributed by atoms with Crippen LogP contribution in [0.5, 0.6) is 0 Å². The summed E-state index contributed by atoms with van der Waals surface area (Å²) in [5, 5.41) is 3.06. The molecule has 162 valence electrons. The fourth-order valence-corrected chi connectivity index (χ4v) is 3.40. The zero-order chi connectivity index (χ0) is 22.1. The highest BCUT2D eigenvalue weighted by molar-refractivity contribution is 5.87. The van der Waals surface area contributed by atoms with Crippen LogP contribution in [0.2, 0.25) is 0 Å². The zero-order valence-electron chi connectivity index (χ0n) is 19.1. The number of nitrogens with zero attached hydrogens (tertiary/aromatic N) is 1. The highest BCUT2D eigenvalue weighted by Crippen LogP contribution is 2.16. The van der Waals surface area contributed by atoms with Crippen LogP contribution in [0.25, 0.3) is 0 Å². The summed E-state index contributed by atoms with van der Waals surface area (Å²) in [5.41, 5.74) is 4.57. The van der Waals surface area contributed by atoms with Crippen LogP contribution in [-0.4, -0.2) is 28.8 Å². The standard InChI is InChI=1S/C26H36N2O2/c1-6-21(5)27-26(30)24(7-2)28(18-23-14-10-20(4)11-15-23)25(29)17-16-22-12-8-19(3)9-13-22/h8-15,21,24H,6-7,16-18H2,1-5H3,(H,27,30). The van der Waals surface area contributed by atoms with Crippen LogP contribution in [0.15, 0.2) is 48.5 Å². The normalized spacial score (nSPS) is 12.8. The van der Waals surface area contributed by atoms with Gasteiger partial charge in [0.2, 0.25) is 11.8 Å². The van der Waals surface area contributed by atoms with Crippen molar-refractivity contribution in [2.75, 3.05) is 0 Å². The van der Waals surface area contributed by atoms with Crippen molar-refractivity contribution in [3.05, 3.63) is 70.8 Å². The lowest BCUT2D eigenvalue weighted by Gasteiger charge is -2.31. The second-order valence-corrected chi connectivity index (χ2v) is 8.23. The summed E-state index contributed by atoms with van der Waals surface area (Å²) < 4.78 is 0. The largest absolute Gasteiger partial charge is 0.352 e. The summed E-state index contributed by atoms with van der Waals surface area (Å²) in [6, 6.07) is 16.1. The minimum Gasteiger partial charge on any atom is -0.352 e. The first-order valence-corrected chi connectivity index (χ1v) is 11.0. The molecule has 0 spiro atoms. The van der Waals surface area contributed by atoms with Crippen molar-refractivity contribution in [1.29, 1.82) is 0 Å². The molecule has 0 aliphatic carbocycles. The monoisotopic (exact) mass is 408 g/mol. The minimum atomic E-state index is -0.467. The first-order chi connectivity index (χ1) is 14.3. The number of hydrogen-bond donors (Lipinski definition) is 1. The van der Waals surface area contributed by atoms with Gasteiger partial charge >= 0.3 is 0 Å². The Morgan fingerprint density at radius 3 is 1.90 bits per heavy atom. The number of aryl methyl sites for hydroxylation is 3. The summed E-state index contributed by atoms with van der Waals surface area (Å²) in [7, 11) is 0. The summed E-state index contributed by atoms with van der Waals surface area (Å²) in [6.07, 6.45) is 2.51. The number of nitrogens with one attached hydrogen (secondary N) is 1. The molecule has 2 aromatic rings. The van der Waals surface area contributed by atoms with Gasteiger partial charge in [-0.15, -0.1) is 0 Å². The molecule has 0 bridgehead atoms. The fraction of sp³-hybridized carbons (Fsp3) is 0.462. The van der Waals surface area contributed by atoms with Gasteiger partial charge < -0.3 is 10.2 Å². The molecule has 2 atom stereocenters. The number of amides is 2. The Morgan fingerprint density at radius 1 is 0.867 bits per heavy atom. The molecule has 0 aliphatic rings. The Bertz CT molecular complexity index is 812. The third kappa shape index (κ3) is 7.01. The molecule has 4 heteroatoms. The summed E-state index contributed by atoms with van der Waals surface area (Å²) in [5.74, 6) is -0.0510. The van der Waals surface area contributed by atoms with Crippen molar-refractivity contribution in [1.82, 2.24) is 10.2 Å². The smallest absolute Gasteiger partial charge is 0.243 e. The molecular formula is C26H36N2O2. The number of rotatable bonds is 10. The van der Waals surface area contributed by atoms with E-state index in [1.807, 2.05) is 52.0 Å². The quantitative estimate of drug-likeness (QED) is 0.604. The number of carbonyl (C=O) groups excluding carboxylic acids is 2. The molecule has 0 aromatic heterocycles. The van der Waals surface area contributed by atoms with E-state index in [4.69, 9.17) is 0 Å². The third-order valence-corrected chi connectivity index (χ3v) is 5.61. The van der Waals surface area contributed by atoms with E-state index in [1.54, 1.807) is 4.90 Å². The topological polar surface area (TPSA) is 49.4 Å². The van der Waals surface area contributed by atoms with Crippen LogP contribution < -0.4 is 5.32 Å². The maximum atomic E-state index is 13.3. The summed E-state index contributed by atoms with van der Waals surface area (Å²) in [6.45, 7) is 10.6. The van der Waals surface area contributed by atoms with Crippen molar-refractivity contribution < 1.29 is 9.59 Å². The molecule has 0 aliphatic heterocycles. The lowest BCUT2D eigenvalue weighted by atomic mass is 10.0. The van der Waals surface area contributed by atoms with Crippen molar-refractivity contribution in [3.63, 3.8) is 0 Å². The molecule has 30 heavy (non-hydrogen) atoms. The zero-order valence-corrected chi connectivity index (χ0v) is 19.1. The summed E-state index contributed by atoms with van der Waals surface area (Å²) >= 11 is 0. The molecule has 4 nitrogen and oxygen atoms in total. The molecule has 2 rings (SSSR count). The van der Waals surface area contributed by atoms with Crippen LogP contribution in [-0.2, 0) is 22.6 Å². The number of carbonyl (C=O) groups is 2. The molecule has 0 radical (unpaired) electrons. The Kier molecular flexibility index (Phi) is 9.10. The van der Waals surface area contributed by atoms with Gasteiger partial charge in [-0.05, 0) is 51.2 Å². The Labute approximate surface area is 181 Å². The van der Waals surface area contributed by atoms with Crippen LogP contribution in [0.4, 0.5) is 0 Å². The maximum Gasteiger partial charge on any atom is 0.243 e. The molecule has 0 heterocycles. The molecule has 1 N–H and O–H groups in total. The van der Waals surface area contributed by atoms with Crippen molar-refractivity contribution in [3.8, 4) is 0 Å². The molecule has 0 saturated carbocycles. The van der Waals surface area contributed by atoms with Gasteiger partial charge in [-0.3, -0.25) is 9.59 Å². The van der Waals surface area contributed by atoms with Gasteiger partial charge in [0.25, 0.3) is 0 Å². The molecule has 0 saturated heterocycles. The average Bonchev–Trinajstić information content (AvgIpc) is 2.74.